The van der Waals surface area contributed by atoms with E-state index >= 15 is 0 Å². The normalized spacial score (nSPS) is 16.5. The third-order valence-corrected chi connectivity index (χ3v) is 6.64. The molecular weight excluding hydrogens is 438 g/mol. The van der Waals surface area contributed by atoms with E-state index in [1.54, 1.807) is 24.3 Å². The van der Waals surface area contributed by atoms with Gasteiger partial charge in [0.1, 0.15) is 4.83 Å². The van der Waals surface area contributed by atoms with Crippen LogP contribution in [-0.2, 0) is 14.3 Å². The van der Waals surface area contributed by atoms with Crippen molar-refractivity contribution in [1.29, 1.82) is 0 Å². The number of thioether (sulfide) groups is 1. The van der Waals surface area contributed by atoms with Gasteiger partial charge in [-0.05, 0) is 43.3 Å². The van der Waals surface area contributed by atoms with Crippen LogP contribution in [0.25, 0.3) is 10.2 Å². The summed E-state index contributed by atoms with van der Waals surface area (Å²) in [6, 6.07) is 8.90. The van der Waals surface area contributed by atoms with Crippen LogP contribution >= 0.6 is 23.1 Å². The monoisotopic (exact) mass is 455 g/mol. The number of ether oxygens (including phenoxy) is 1. The Morgan fingerprint density at radius 1 is 1.26 bits per heavy atom. The molecule has 31 heavy (non-hydrogen) atoms. The summed E-state index contributed by atoms with van der Waals surface area (Å²) in [5, 5.41) is 5.10. The van der Waals surface area contributed by atoms with Gasteiger partial charge >= 0.3 is 5.97 Å². The van der Waals surface area contributed by atoms with Gasteiger partial charge < -0.3 is 4.74 Å². The average molecular weight is 456 g/mol. The van der Waals surface area contributed by atoms with Gasteiger partial charge in [0.25, 0.3) is 11.5 Å². The SMILES string of the molecule is COC(=O)C=C1SC(=NNc2nc3sc(C)c(C)c3c(=O)[nH]2)N(c2ccccc2)C1=O. The van der Waals surface area contributed by atoms with E-state index in [9.17, 15) is 14.4 Å². The Labute approximate surface area is 184 Å². The molecule has 1 aromatic carbocycles. The first-order chi connectivity index (χ1) is 14.9. The van der Waals surface area contributed by atoms with Crippen molar-refractivity contribution in [2.75, 3.05) is 17.4 Å². The van der Waals surface area contributed by atoms with Crippen LogP contribution in [0.3, 0.4) is 0 Å². The number of hydrogen-bond acceptors (Lipinski definition) is 9. The number of H-pyrrole nitrogens is 1. The number of aromatic nitrogens is 2. The molecule has 4 rings (SSSR count). The average Bonchev–Trinajstić information content (AvgIpc) is 3.22. The summed E-state index contributed by atoms with van der Waals surface area (Å²) in [7, 11) is 1.24. The lowest BCUT2D eigenvalue weighted by Crippen LogP contribution is -2.29. The number of carbonyl (C=O) groups excluding carboxylic acids is 2. The zero-order chi connectivity index (χ0) is 22.1. The van der Waals surface area contributed by atoms with E-state index in [2.05, 4.69) is 25.2 Å². The van der Waals surface area contributed by atoms with Crippen molar-refractivity contribution in [1.82, 2.24) is 9.97 Å². The first kappa shape index (κ1) is 20.8. The second kappa shape index (κ2) is 8.36. The zero-order valence-corrected chi connectivity index (χ0v) is 18.4. The van der Waals surface area contributed by atoms with Crippen LogP contribution in [0.4, 0.5) is 11.6 Å². The van der Waals surface area contributed by atoms with Gasteiger partial charge in [0.2, 0.25) is 5.95 Å². The number of benzene rings is 1. The van der Waals surface area contributed by atoms with Crippen LogP contribution in [0, 0.1) is 13.8 Å². The lowest BCUT2D eigenvalue weighted by atomic mass is 10.2. The molecular formula is C20H17N5O4S2. The minimum absolute atomic E-state index is 0.151. The number of nitrogens with one attached hydrogen (secondary N) is 2. The lowest BCUT2D eigenvalue weighted by Gasteiger charge is -2.15. The molecule has 11 heteroatoms. The standard InChI is InChI=1S/C20H17N5O4S2/c1-10-11(2)30-17-15(10)16(27)21-19(22-17)23-24-20-25(12-7-5-4-6-8-12)18(28)13(31-20)9-14(26)29-3/h4-9H,1-3H3,(H2,21,22,23,27). The number of aryl methyl sites for hydroxylation is 2. The number of aromatic amines is 1. The maximum atomic E-state index is 12.9. The Bertz CT molecular complexity index is 1310. The highest BCUT2D eigenvalue weighted by atomic mass is 32.2. The van der Waals surface area contributed by atoms with Gasteiger partial charge in [0, 0.05) is 11.0 Å². The Kier molecular flexibility index (Phi) is 5.61. The van der Waals surface area contributed by atoms with Crippen molar-refractivity contribution >= 4 is 62.0 Å². The molecule has 0 spiro atoms. The number of amides is 1. The summed E-state index contributed by atoms with van der Waals surface area (Å²) in [4.78, 5) is 47.2. The topological polar surface area (TPSA) is 117 Å². The fourth-order valence-corrected chi connectivity index (χ4v) is 4.86. The molecule has 1 aliphatic heterocycles. The fraction of sp³-hybridized carbons (Fsp3) is 0.150. The van der Waals surface area contributed by atoms with E-state index in [0.29, 0.717) is 15.9 Å². The summed E-state index contributed by atoms with van der Waals surface area (Å²) in [5.74, 6) is -0.903. The highest BCUT2D eigenvalue weighted by Gasteiger charge is 2.35. The molecule has 0 saturated carbocycles. The third-order valence-electron chi connectivity index (χ3n) is 4.57. The van der Waals surface area contributed by atoms with E-state index in [1.807, 2.05) is 19.9 Å². The Hall–Kier alpha value is -3.44. The molecule has 0 unspecified atom stereocenters. The van der Waals surface area contributed by atoms with Crippen molar-refractivity contribution < 1.29 is 14.3 Å². The molecule has 0 atom stereocenters. The Balaban J connectivity index is 1.71. The number of hydrogen-bond donors (Lipinski definition) is 2. The minimum Gasteiger partial charge on any atom is -0.466 e. The highest BCUT2D eigenvalue weighted by molar-refractivity contribution is 8.19. The molecule has 3 aromatic rings. The van der Waals surface area contributed by atoms with Gasteiger partial charge in [-0.2, -0.15) is 0 Å². The van der Waals surface area contributed by atoms with Gasteiger partial charge in [0.15, 0.2) is 5.17 Å². The van der Waals surface area contributed by atoms with Crippen LogP contribution < -0.4 is 15.9 Å². The number of thiophene rings is 1. The predicted molar refractivity (Wildman–Crippen MR) is 122 cm³/mol. The van der Waals surface area contributed by atoms with Crippen LogP contribution in [0.15, 0.2) is 51.2 Å². The molecule has 1 saturated heterocycles. The highest BCUT2D eigenvalue weighted by Crippen LogP contribution is 2.34. The molecule has 1 amide bonds. The molecule has 3 heterocycles. The van der Waals surface area contributed by atoms with Crippen LogP contribution in [0.2, 0.25) is 0 Å². The second-order valence-electron chi connectivity index (χ2n) is 6.49. The van der Waals surface area contributed by atoms with Crippen molar-refractivity contribution in [3.63, 3.8) is 0 Å². The first-order valence-corrected chi connectivity index (χ1v) is 10.7. The number of rotatable bonds is 4. The quantitative estimate of drug-likeness (QED) is 0.353. The van der Waals surface area contributed by atoms with Crippen molar-refractivity contribution in [2.24, 2.45) is 5.10 Å². The number of fused-ring (bicyclic) bond motifs is 1. The minimum atomic E-state index is -0.641. The smallest absolute Gasteiger partial charge is 0.331 e. The Morgan fingerprint density at radius 2 is 2.00 bits per heavy atom. The second-order valence-corrected chi connectivity index (χ2v) is 8.71. The van der Waals surface area contributed by atoms with Crippen molar-refractivity contribution in [3.8, 4) is 0 Å². The van der Waals surface area contributed by atoms with E-state index in [0.717, 1.165) is 28.3 Å². The summed E-state index contributed by atoms with van der Waals surface area (Å²) in [6.07, 6.45) is 1.12. The molecule has 9 nitrogen and oxygen atoms in total. The summed E-state index contributed by atoms with van der Waals surface area (Å²) < 4.78 is 4.63. The summed E-state index contributed by atoms with van der Waals surface area (Å²) >= 11 is 2.43. The molecule has 0 radical (unpaired) electrons. The Morgan fingerprint density at radius 3 is 2.71 bits per heavy atom. The van der Waals surface area contributed by atoms with Gasteiger partial charge in [-0.3, -0.25) is 19.5 Å². The lowest BCUT2D eigenvalue weighted by molar-refractivity contribution is -0.135. The summed E-state index contributed by atoms with van der Waals surface area (Å²) in [5.41, 5.74) is 3.94. The number of amidine groups is 1. The van der Waals surface area contributed by atoms with E-state index in [4.69, 9.17) is 0 Å². The molecule has 2 N–H and O–H groups in total. The number of nitrogens with zero attached hydrogens (tertiary/aromatic N) is 3. The van der Waals surface area contributed by atoms with Crippen molar-refractivity contribution in [3.05, 3.63) is 62.1 Å². The number of anilines is 2. The fourth-order valence-electron chi connectivity index (χ4n) is 2.93. The van der Waals surface area contributed by atoms with Crippen LogP contribution in [0.5, 0.6) is 0 Å². The van der Waals surface area contributed by atoms with Gasteiger partial charge in [0.05, 0.1) is 23.1 Å². The largest absolute Gasteiger partial charge is 0.466 e. The number of hydrazone groups is 1. The van der Waals surface area contributed by atoms with Crippen LogP contribution in [0.1, 0.15) is 10.4 Å². The first-order valence-electron chi connectivity index (χ1n) is 9.09. The van der Waals surface area contributed by atoms with Gasteiger partial charge in [-0.25, -0.2) is 15.2 Å². The maximum Gasteiger partial charge on any atom is 0.331 e. The van der Waals surface area contributed by atoms with Crippen LogP contribution in [-0.4, -0.2) is 34.1 Å². The molecule has 1 fully saturated rings. The molecule has 1 aliphatic rings. The molecule has 2 aromatic heterocycles. The number of para-hydroxylation sites is 1. The predicted octanol–water partition coefficient (Wildman–Crippen LogP) is 3.12. The van der Waals surface area contributed by atoms with E-state index in [-0.39, 0.29) is 21.6 Å². The number of methoxy groups -OCH3 is 1. The van der Waals surface area contributed by atoms with Gasteiger partial charge in [-0.1, -0.05) is 18.2 Å². The summed E-state index contributed by atoms with van der Waals surface area (Å²) in [6.45, 7) is 3.81. The molecule has 0 bridgehead atoms. The third kappa shape index (κ3) is 3.97. The molecule has 0 aliphatic carbocycles. The van der Waals surface area contributed by atoms with E-state index in [1.165, 1.54) is 23.3 Å². The molecule has 158 valence electrons. The van der Waals surface area contributed by atoms with Gasteiger partial charge in [-0.15, -0.1) is 16.4 Å². The zero-order valence-electron chi connectivity index (χ0n) is 16.8. The number of carbonyl (C=O) groups is 2. The van der Waals surface area contributed by atoms with E-state index < -0.39 is 11.9 Å². The number of esters is 1. The van der Waals surface area contributed by atoms with Crippen molar-refractivity contribution in [2.45, 2.75) is 13.8 Å². The maximum absolute atomic E-state index is 12.9.